The number of hydrogen-bond donors (Lipinski definition) is 0. The monoisotopic (exact) mass is 448 g/mol. The number of thiophene rings is 1. The zero-order valence-corrected chi connectivity index (χ0v) is 18.2. The minimum absolute atomic E-state index is 0.189. The summed E-state index contributed by atoms with van der Waals surface area (Å²) in [4.78, 5) is 22.1. The first-order valence-corrected chi connectivity index (χ1v) is 11.8. The van der Waals surface area contributed by atoms with Crippen LogP contribution in [0.4, 0.5) is 0 Å². The Kier molecular flexibility index (Phi) is 6.86. The molecule has 1 aliphatic heterocycles. The summed E-state index contributed by atoms with van der Waals surface area (Å²) in [5.74, 6) is 2.72. The van der Waals surface area contributed by atoms with Crippen LogP contribution in [0.1, 0.15) is 11.5 Å². The molecule has 0 aliphatic carbocycles. The van der Waals surface area contributed by atoms with Crippen molar-refractivity contribution in [1.29, 1.82) is 0 Å². The van der Waals surface area contributed by atoms with Crippen molar-refractivity contribution in [2.45, 2.75) is 12.3 Å². The van der Waals surface area contributed by atoms with Crippen LogP contribution in [0.15, 0.2) is 46.3 Å². The van der Waals surface area contributed by atoms with Gasteiger partial charge in [-0.25, -0.2) is 0 Å². The van der Waals surface area contributed by atoms with Crippen LogP contribution in [-0.2, 0) is 17.1 Å². The number of carbonyl (C=O) groups is 1. The molecular formula is C20H21ClN4O2S2. The van der Waals surface area contributed by atoms with Gasteiger partial charge in [0.15, 0.2) is 0 Å². The van der Waals surface area contributed by atoms with Gasteiger partial charge in [-0.2, -0.15) is 4.98 Å². The Bertz CT molecular complexity index is 940. The number of thioether (sulfide) groups is 1. The van der Waals surface area contributed by atoms with Gasteiger partial charge in [0.2, 0.25) is 17.6 Å². The van der Waals surface area contributed by atoms with Crippen LogP contribution in [0, 0.1) is 0 Å². The van der Waals surface area contributed by atoms with Crippen molar-refractivity contribution in [3.05, 3.63) is 58.3 Å². The summed E-state index contributed by atoms with van der Waals surface area (Å²) >= 11 is 9.22. The maximum Gasteiger partial charge on any atom is 0.241 e. The van der Waals surface area contributed by atoms with Gasteiger partial charge < -0.3 is 9.42 Å². The van der Waals surface area contributed by atoms with Crippen LogP contribution in [0.2, 0.25) is 5.02 Å². The minimum Gasteiger partial charge on any atom is -0.339 e. The fraction of sp³-hybridized carbons (Fsp3) is 0.350. The van der Waals surface area contributed by atoms with Crippen molar-refractivity contribution in [1.82, 2.24) is 19.9 Å². The quantitative estimate of drug-likeness (QED) is 0.543. The van der Waals surface area contributed by atoms with Crippen molar-refractivity contribution in [2.75, 3.05) is 31.9 Å². The molecule has 29 heavy (non-hydrogen) atoms. The molecule has 4 rings (SSSR count). The molecule has 0 N–H and O–H groups in total. The molecule has 1 amide bonds. The Morgan fingerprint density at radius 2 is 2.07 bits per heavy atom. The van der Waals surface area contributed by atoms with Crippen LogP contribution in [-0.4, -0.2) is 57.8 Å². The molecule has 9 heteroatoms. The maximum atomic E-state index is 12.5. The second-order valence-corrected chi connectivity index (χ2v) is 9.14. The van der Waals surface area contributed by atoms with Gasteiger partial charge in [0.05, 0.1) is 17.2 Å². The highest BCUT2D eigenvalue weighted by molar-refractivity contribution is 7.99. The highest BCUT2D eigenvalue weighted by Crippen LogP contribution is 2.22. The molecule has 0 radical (unpaired) electrons. The molecule has 0 spiro atoms. The van der Waals surface area contributed by atoms with Gasteiger partial charge in [-0.15, -0.1) is 23.1 Å². The number of halogens is 1. The smallest absolute Gasteiger partial charge is 0.241 e. The van der Waals surface area contributed by atoms with E-state index in [0.29, 0.717) is 24.0 Å². The van der Waals surface area contributed by atoms with Gasteiger partial charge in [0, 0.05) is 37.0 Å². The molecule has 0 unspecified atom stereocenters. The fourth-order valence-corrected chi connectivity index (χ4v) is 4.88. The number of aromatic nitrogens is 2. The van der Waals surface area contributed by atoms with E-state index >= 15 is 0 Å². The van der Waals surface area contributed by atoms with Crippen LogP contribution in [0.5, 0.6) is 0 Å². The van der Waals surface area contributed by atoms with Gasteiger partial charge in [0.25, 0.3) is 0 Å². The highest BCUT2D eigenvalue weighted by Gasteiger charge is 2.22. The van der Waals surface area contributed by atoms with E-state index in [1.54, 1.807) is 23.1 Å². The normalized spacial score (nSPS) is 15.0. The van der Waals surface area contributed by atoms with E-state index in [2.05, 4.69) is 15.0 Å². The number of amides is 1. The predicted molar refractivity (Wildman–Crippen MR) is 117 cm³/mol. The molecular weight excluding hydrogens is 428 g/mol. The number of rotatable bonds is 7. The number of piperazine rings is 1. The summed E-state index contributed by atoms with van der Waals surface area (Å²) < 4.78 is 5.38. The van der Waals surface area contributed by atoms with E-state index in [4.69, 9.17) is 16.1 Å². The summed E-state index contributed by atoms with van der Waals surface area (Å²) in [6.07, 6.45) is 0. The molecule has 6 nitrogen and oxygen atoms in total. The van der Waals surface area contributed by atoms with E-state index < -0.39 is 0 Å². The lowest BCUT2D eigenvalue weighted by Gasteiger charge is -2.33. The van der Waals surface area contributed by atoms with E-state index in [9.17, 15) is 4.79 Å². The molecule has 152 valence electrons. The molecule has 1 saturated heterocycles. The van der Waals surface area contributed by atoms with Gasteiger partial charge in [0.1, 0.15) is 0 Å². The summed E-state index contributed by atoms with van der Waals surface area (Å²) in [5, 5.41) is 6.78. The fourth-order valence-electron chi connectivity index (χ4n) is 3.15. The molecule has 0 bridgehead atoms. The number of benzene rings is 1. The largest absolute Gasteiger partial charge is 0.339 e. The molecule has 3 aromatic rings. The molecule has 1 aromatic carbocycles. The number of hydrogen-bond acceptors (Lipinski definition) is 7. The van der Waals surface area contributed by atoms with E-state index in [1.807, 2.05) is 46.7 Å². The molecule has 1 fully saturated rings. The topological polar surface area (TPSA) is 62.5 Å². The zero-order chi connectivity index (χ0) is 20.1. The Morgan fingerprint density at radius 3 is 2.83 bits per heavy atom. The second-order valence-electron chi connectivity index (χ2n) is 6.77. The Hall–Kier alpha value is -1.87. The highest BCUT2D eigenvalue weighted by atomic mass is 35.5. The van der Waals surface area contributed by atoms with Gasteiger partial charge in [-0.1, -0.05) is 35.0 Å². The summed E-state index contributed by atoms with van der Waals surface area (Å²) in [6.45, 7) is 3.68. The molecule has 1 aliphatic rings. The predicted octanol–water partition coefficient (Wildman–Crippen LogP) is 4.03. The lowest BCUT2D eigenvalue weighted by molar-refractivity contribution is -0.130. The molecule has 3 heterocycles. The average Bonchev–Trinajstić information content (AvgIpc) is 3.40. The molecule has 0 saturated carbocycles. The average molecular weight is 449 g/mol. The third-order valence-electron chi connectivity index (χ3n) is 4.68. The van der Waals surface area contributed by atoms with Crippen LogP contribution >= 0.6 is 34.7 Å². The van der Waals surface area contributed by atoms with Gasteiger partial charge in [-0.05, 0) is 29.1 Å². The van der Waals surface area contributed by atoms with Crippen molar-refractivity contribution < 1.29 is 9.32 Å². The van der Waals surface area contributed by atoms with E-state index in [-0.39, 0.29) is 5.91 Å². The first kappa shape index (κ1) is 20.4. The Morgan fingerprint density at radius 1 is 1.21 bits per heavy atom. The third-order valence-corrected chi connectivity index (χ3v) is 6.77. The van der Waals surface area contributed by atoms with Crippen molar-refractivity contribution in [2.24, 2.45) is 0 Å². The Labute approximate surface area is 182 Å². The summed E-state index contributed by atoms with van der Waals surface area (Å²) in [6, 6.07) is 11.7. The van der Waals surface area contributed by atoms with Crippen LogP contribution in [0.25, 0.3) is 10.7 Å². The summed E-state index contributed by atoms with van der Waals surface area (Å²) in [5.41, 5.74) is 1.14. The lowest BCUT2D eigenvalue weighted by Crippen LogP contribution is -2.48. The maximum absolute atomic E-state index is 12.5. The standard InChI is InChI=1S/C20H21ClN4O2S2/c21-16-4-1-3-15(11-16)13-28-14-19(26)25-8-6-24(7-9-25)12-18-22-20(23-27-18)17-5-2-10-29-17/h1-5,10-11H,6-9,12-14H2. The number of nitrogens with zero attached hydrogens (tertiary/aromatic N) is 4. The Balaban J connectivity index is 1.19. The van der Waals surface area contributed by atoms with Crippen molar-refractivity contribution in [3.8, 4) is 10.7 Å². The van der Waals surface area contributed by atoms with E-state index in [0.717, 1.165) is 47.4 Å². The van der Waals surface area contributed by atoms with Gasteiger partial charge >= 0.3 is 0 Å². The molecule has 2 aromatic heterocycles. The zero-order valence-electron chi connectivity index (χ0n) is 15.8. The number of carbonyl (C=O) groups excluding carboxylic acids is 1. The van der Waals surface area contributed by atoms with Crippen LogP contribution < -0.4 is 0 Å². The minimum atomic E-state index is 0.189. The second kappa shape index (κ2) is 9.75. The third kappa shape index (κ3) is 5.60. The van der Waals surface area contributed by atoms with Crippen molar-refractivity contribution in [3.63, 3.8) is 0 Å². The SMILES string of the molecule is O=C(CSCc1cccc(Cl)c1)N1CCN(Cc2nc(-c3cccs3)no2)CC1. The first-order chi connectivity index (χ1) is 14.2. The lowest BCUT2D eigenvalue weighted by atomic mass is 10.2. The summed E-state index contributed by atoms with van der Waals surface area (Å²) in [7, 11) is 0. The van der Waals surface area contributed by atoms with Crippen LogP contribution in [0.3, 0.4) is 0 Å². The molecule has 0 atom stereocenters. The van der Waals surface area contributed by atoms with E-state index in [1.165, 1.54) is 0 Å². The first-order valence-electron chi connectivity index (χ1n) is 9.36. The van der Waals surface area contributed by atoms with Gasteiger partial charge in [-0.3, -0.25) is 9.69 Å². The van der Waals surface area contributed by atoms with Crippen molar-refractivity contribution >= 4 is 40.6 Å².